The fourth-order valence-electron chi connectivity index (χ4n) is 3.78. The van der Waals surface area contributed by atoms with Crippen LogP contribution in [-0.2, 0) is 0 Å². The Morgan fingerprint density at radius 3 is 2.53 bits per heavy atom. The second-order valence-electron chi connectivity index (χ2n) is 7.53. The van der Waals surface area contributed by atoms with E-state index in [2.05, 4.69) is 32.1 Å². The number of hydrogen-bond donors (Lipinski definition) is 1. The van der Waals surface area contributed by atoms with Crippen LogP contribution in [0.3, 0.4) is 0 Å². The van der Waals surface area contributed by atoms with Gasteiger partial charge in [0.25, 0.3) is 0 Å². The van der Waals surface area contributed by atoms with E-state index in [0.717, 1.165) is 47.9 Å². The highest BCUT2D eigenvalue weighted by atomic mass is 35.5. The first-order valence-electron chi connectivity index (χ1n) is 9.83. The van der Waals surface area contributed by atoms with Gasteiger partial charge in [-0.2, -0.15) is 15.3 Å². The van der Waals surface area contributed by atoms with Crippen LogP contribution in [0.5, 0.6) is 5.75 Å². The number of fused-ring (bicyclic) bond motifs is 1. The molecule has 0 saturated carbocycles. The molecule has 1 saturated heterocycles. The minimum atomic E-state index is 0. The van der Waals surface area contributed by atoms with Gasteiger partial charge in [0.2, 0.25) is 0 Å². The summed E-state index contributed by atoms with van der Waals surface area (Å²) in [6, 6.07) is 13.3. The van der Waals surface area contributed by atoms with Gasteiger partial charge in [-0.05, 0) is 49.9 Å². The van der Waals surface area contributed by atoms with Gasteiger partial charge >= 0.3 is 0 Å². The van der Waals surface area contributed by atoms with Crippen molar-refractivity contribution >= 4 is 18.1 Å². The molecule has 1 aromatic carbocycles. The van der Waals surface area contributed by atoms with Gasteiger partial charge in [-0.15, -0.1) is 12.4 Å². The first-order valence-corrected chi connectivity index (χ1v) is 9.83. The SMILES string of the molecule is CCN1CC(c2ccc(-c3ccc(-c4ccc5nc(C)cn5n4)cc3O)nn2)C1.Cl. The van der Waals surface area contributed by atoms with Gasteiger partial charge < -0.3 is 10.0 Å². The maximum Gasteiger partial charge on any atom is 0.153 e. The number of phenols is 1. The molecule has 0 amide bonds. The molecule has 3 aromatic heterocycles. The third-order valence-corrected chi connectivity index (χ3v) is 5.52. The maximum absolute atomic E-state index is 10.6. The molecule has 7 nitrogen and oxygen atoms in total. The molecular formula is C22H23ClN6O. The summed E-state index contributed by atoms with van der Waals surface area (Å²) in [5.74, 6) is 0.620. The molecular weight excluding hydrogens is 400 g/mol. The lowest BCUT2D eigenvalue weighted by molar-refractivity contribution is 0.154. The number of hydrogen-bond acceptors (Lipinski definition) is 6. The van der Waals surface area contributed by atoms with Crippen molar-refractivity contribution in [2.75, 3.05) is 19.6 Å². The van der Waals surface area contributed by atoms with E-state index in [1.54, 1.807) is 10.6 Å². The van der Waals surface area contributed by atoms with Crippen LogP contribution in [-0.4, -0.2) is 54.4 Å². The monoisotopic (exact) mass is 422 g/mol. The largest absolute Gasteiger partial charge is 0.507 e. The van der Waals surface area contributed by atoms with E-state index in [1.165, 1.54) is 0 Å². The molecule has 4 aromatic rings. The molecule has 154 valence electrons. The Balaban J connectivity index is 0.00000218. The summed E-state index contributed by atoms with van der Waals surface area (Å²) < 4.78 is 1.75. The lowest BCUT2D eigenvalue weighted by atomic mass is 9.96. The van der Waals surface area contributed by atoms with Crippen LogP contribution >= 0.6 is 12.4 Å². The molecule has 0 unspecified atom stereocenters. The summed E-state index contributed by atoms with van der Waals surface area (Å²) in [6.45, 7) is 7.26. The minimum Gasteiger partial charge on any atom is -0.507 e. The molecule has 0 spiro atoms. The van der Waals surface area contributed by atoms with Crippen molar-refractivity contribution in [2.24, 2.45) is 0 Å². The highest BCUT2D eigenvalue weighted by Crippen LogP contribution is 2.32. The number of aromatic hydroxyl groups is 1. The average Bonchev–Trinajstić information content (AvgIpc) is 3.07. The fraction of sp³-hybridized carbons (Fsp3) is 0.273. The number of imidazole rings is 1. The van der Waals surface area contributed by atoms with Gasteiger partial charge in [0, 0.05) is 30.1 Å². The van der Waals surface area contributed by atoms with Crippen LogP contribution in [0.4, 0.5) is 0 Å². The van der Waals surface area contributed by atoms with Gasteiger partial charge in [-0.3, -0.25) is 0 Å². The third-order valence-electron chi connectivity index (χ3n) is 5.52. The van der Waals surface area contributed by atoms with E-state index >= 15 is 0 Å². The predicted molar refractivity (Wildman–Crippen MR) is 118 cm³/mol. The minimum absolute atomic E-state index is 0. The molecule has 0 aliphatic carbocycles. The number of rotatable bonds is 4. The lowest BCUT2D eigenvalue weighted by Crippen LogP contribution is -2.44. The molecule has 1 N–H and O–H groups in total. The zero-order valence-electron chi connectivity index (χ0n) is 16.9. The van der Waals surface area contributed by atoms with Crippen molar-refractivity contribution in [3.8, 4) is 28.3 Å². The molecule has 1 aliphatic heterocycles. The van der Waals surface area contributed by atoms with Crippen LogP contribution in [0, 0.1) is 6.92 Å². The second kappa shape index (κ2) is 8.01. The average molecular weight is 423 g/mol. The van der Waals surface area contributed by atoms with Gasteiger partial charge in [-0.25, -0.2) is 9.50 Å². The normalized spacial score (nSPS) is 14.5. The summed E-state index contributed by atoms with van der Waals surface area (Å²) >= 11 is 0. The molecule has 0 bridgehead atoms. The highest BCUT2D eigenvalue weighted by Gasteiger charge is 2.28. The van der Waals surface area contributed by atoms with Gasteiger partial charge in [0.05, 0.1) is 29.0 Å². The molecule has 0 atom stereocenters. The van der Waals surface area contributed by atoms with Crippen LogP contribution in [0.2, 0.25) is 0 Å². The Kier molecular flexibility index (Phi) is 5.40. The number of nitrogens with zero attached hydrogens (tertiary/aromatic N) is 6. The molecule has 8 heteroatoms. The van der Waals surface area contributed by atoms with Crippen LogP contribution < -0.4 is 0 Å². The number of aromatic nitrogens is 5. The van der Waals surface area contributed by atoms with E-state index in [0.29, 0.717) is 17.2 Å². The van der Waals surface area contributed by atoms with E-state index < -0.39 is 0 Å². The Labute approximate surface area is 180 Å². The Hall–Kier alpha value is -3.03. The first kappa shape index (κ1) is 20.3. The quantitative estimate of drug-likeness (QED) is 0.540. The van der Waals surface area contributed by atoms with E-state index in [1.807, 2.05) is 49.5 Å². The summed E-state index contributed by atoms with van der Waals surface area (Å²) in [5.41, 5.74) is 5.66. The summed E-state index contributed by atoms with van der Waals surface area (Å²) in [6.07, 6.45) is 1.88. The second-order valence-corrected chi connectivity index (χ2v) is 7.53. The van der Waals surface area contributed by atoms with Crippen molar-refractivity contribution in [3.05, 3.63) is 60.0 Å². The standard InChI is InChI=1S/C22H22N6O.ClH/c1-3-27-12-16(13-27)18-6-7-20(25-24-18)17-5-4-15(10-21(17)29)19-8-9-22-23-14(2)11-28(22)26-19;/h4-11,16,29H,3,12-13H2,1-2H3;1H. The molecule has 5 rings (SSSR count). The van der Waals surface area contributed by atoms with Gasteiger partial charge in [0.15, 0.2) is 5.65 Å². The zero-order valence-corrected chi connectivity index (χ0v) is 17.7. The Morgan fingerprint density at radius 2 is 1.83 bits per heavy atom. The lowest BCUT2D eigenvalue weighted by Gasteiger charge is -2.37. The van der Waals surface area contributed by atoms with E-state index in [-0.39, 0.29) is 18.2 Å². The van der Waals surface area contributed by atoms with Gasteiger partial charge in [-0.1, -0.05) is 13.0 Å². The number of halogens is 1. The van der Waals surface area contributed by atoms with Crippen LogP contribution in [0.25, 0.3) is 28.2 Å². The molecule has 30 heavy (non-hydrogen) atoms. The van der Waals surface area contributed by atoms with Crippen LogP contribution in [0.15, 0.2) is 48.7 Å². The number of likely N-dealkylation sites (tertiary alicyclic amines) is 1. The van der Waals surface area contributed by atoms with E-state index in [9.17, 15) is 5.11 Å². The number of aryl methyl sites for hydroxylation is 1. The van der Waals surface area contributed by atoms with Crippen molar-refractivity contribution in [2.45, 2.75) is 19.8 Å². The zero-order chi connectivity index (χ0) is 20.0. The Bertz CT molecular complexity index is 1180. The van der Waals surface area contributed by atoms with Crippen molar-refractivity contribution in [1.82, 2.24) is 29.7 Å². The fourth-order valence-corrected chi connectivity index (χ4v) is 3.78. The molecule has 1 fully saturated rings. The summed E-state index contributed by atoms with van der Waals surface area (Å²) in [4.78, 5) is 6.77. The molecule has 4 heterocycles. The molecule has 0 radical (unpaired) electrons. The van der Waals surface area contributed by atoms with Crippen LogP contribution in [0.1, 0.15) is 24.2 Å². The van der Waals surface area contributed by atoms with Gasteiger partial charge in [0.1, 0.15) is 5.75 Å². The smallest absolute Gasteiger partial charge is 0.153 e. The van der Waals surface area contributed by atoms with Crippen molar-refractivity contribution in [1.29, 1.82) is 0 Å². The number of likely N-dealkylation sites (N-methyl/N-ethyl adjacent to an activating group) is 1. The van der Waals surface area contributed by atoms with E-state index in [4.69, 9.17) is 0 Å². The number of phenolic OH excluding ortho intramolecular Hbond substituents is 1. The summed E-state index contributed by atoms with van der Waals surface area (Å²) in [5, 5.41) is 23.9. The van der Waals surface area contributed by atoms with Crippen molar-refractivity contribution in [3.63, 3.8) is 0 Å². The maximum atomic E-state index is 10.6. The first-order chi connectivity index (χ1) is 14.1. The highest BCUT2D eigenvalue weighted by molar-refractivity contribution is 5.85. The third kappa shape index (κ3) is 3.62. The topological polar surface area (TPSA) is 79.4 Å². The van der Waals surface area contributed by atoms with Crippen molar-refractivity contribution < 1.29 is 5.11 Å². The number of benzene rings is 1. The summed E-state index contributed by atoms with van der Waals surface area (Å²) in [7, 11) is 0. The predicted octanol–water partition coefficient (Wildman–Crippen LogP) is 3.71. The molecule has 1 aliphatic rings. The Morgan fingerprint density at radius 1 is 1.03 bits per heavy atom.